The van der Waals surface area contributed by atoms with Crippen LogP contribution in [-0.2, 0) is 4.79 Å². The summed E-state index contributed by atoms with van der Waals surface area (Å²) < 4.78 is 1.59. The summed E-state index contributed by atoms with van der Waals surface area (Å²) >= 11 is 2.73. The number of benzene rings is 1. The lowest BCUT2D eigenvalue weighted by atomic mass is 10.2. The number of carbonyl (C=O) groups is 1. The van der Waals surface area contributed by atoms with Crippen molar-refractivity contribution in [3.63, 3.8) is 0 Å². The van der Waals surface area contributed by atoms with Gasteiger partial charge in [-0.05, 0) is 36.4 Å². The molecular weight excluding hydrogens is 366 g/mol. The van der Waals surface area contributed by atoms with Crippen molar-refractivity contribution < 1.29 is 4.79 Å². The third-order valence-corrected chi connectivity index (χ3v) is 5.68. The first-order valence-electron chi connectivity index (χ1n) is 8.47. The van der Waals surface area contributed by atoms with Crippen molar-refractivity contribution in [1.29, 1.82) is 0 Å². The van der Waals surface area contributed by atoms with Crippen molar-refractivity contribution in [2.24, 2.45) is 5.92 Å². The standard InChI is InChI=1S/C19H21N3O2S2/c1-12(2)11-20-16(23)13(3)26-19-21-17-15(9-10-25-17)18(24)22(19)14-7-5-4-6-8-14/h4-10,12-13H,11H2,1-3H3,(H,20,23)/t13-/m0/s1. The predicted molar refractivity (Wildman–Crippen MR) is 108 cm³/mol. The van der Waals surface area contributed by atoms with Crippen LogP contribution >= 0.6 is 23.1 Å². The average Bonchev–Trinajstić information content (AvgIpc) is 3.09. The topological polar surface area (TPSA) is 64.0 Å². The Bertz CT molecular complexity index is 964. The van der Waals surface area contributed by atoms with Crippen LogP contribution in [0.2, 0.25) is 0 Å². The normalized spacial score (nSPS) is 12.5. The zero-order valence-electron chi connectivity index (χ0n) is 14.9. The minimum Gasteiger partial charge on any atom is -0.355 e. The number of nitrogens with zero attached hydrogens (tertiary/aromatic N) is 2. The number of thioether (sulfide) groups is 1. The predicted octanol–water partition coefficient (Wildman–Crippen LogP) is 3.70. The van der Waals surface area contributed by atoms with E-state index >= 15 is 0 Å². The summed E-state index contributed by atoms with van der Waals surface area (Å²) in [6.07, 6.45) is 0. The van der Waals surface area contributed by atoms with Crippen LogP contribution in [0, 0.1) is 5.92 Å². The second-order valence-corrected chi connectivity index (χ2v) is 8.61. The van der Waals surface area contributed by atoms with E-state index in [1.54, 1.807) is 10.6 Å². The number of rotatable bonds is 6. The minimum absolute atomic E-state index is 0.0520. The van der Waals surface area contributed by atoms with Crippen molar-refractivity contribution in [2.45, 2.75) is 31.2 Å². The molecule has 0 aliphatic rings. The Hall–Kier alpha value is -2.12. The van der Waals surface area contributed by atoms with Gasteiger partial charge in [-0.1, -0.05) is 43.8 Å². The summed E-state index contributed by atoms with van der Waals surface area (Å²) in [5.74, 6) is 0.336. The van der Waals surface area contributed by atoms with Crippen molar-refractivity contribution >= 4 is 39.2 Å². The van der Waals surface area contributed by atoms with Crippen LogP contribution in [0.3, 0.4) is 0 Å². The molecule has 1 N–H and O–H groups in total. The number of para-hydroxylation sites is 1. The first kappa shape index (κ1) is 18.7. The van der Waals surface area contributed by atoms with Crippen molar-refractivity contribution in [1.82, 2.24) is 14.9 Å². The Morgan fingerprint density at radius 1 is 1.23 bits per heavy atom. The monoisotopic (exact) mass is 387 g/mol. The molecule has 0 aliphatic heterocycles. The molecule has 136 valence electrons. The van der Waals surface area contributed by atoms with Gasteiger partial charge >= 0.3 is 0 Å². The molecule has 0 saturated carbocycles. The lowest BCUT2D eigenvalue weighted by molar-refractivity contribution is -0.120. The fraction of sp³-hybridized carbons (Fsp3) is 0.316. The van der Waals surface area contributed by atoms with E-state index in [1.807, 2.05) is 42.6 Å². The second kappa shape index (κ2) is 8.05. The molecule has 0 saturated heterocycles. The molecule has 0 spiro atoms. The van der Waals surface area contributed by atoms with Crippen molar-refractivity contribution in [3.8, 4) is 5.69 Å². The molecule has 1 atom stereocenters. The third kappa shape index (κ3) is 3.99. The van der Waals surface area contributed by atoms with E-state index in [-0.39, 0.29) is 16.7 Å². The summed E-state index contributed by atoms with van der Waals surface area (Å²) in [5.41, 5.74) is 0.634. The molecule has 0 fully saturated rings. The number of hydrogen-bond acceptors (Lipinski definition) is 5. The van der Waals surface area contributed by atoms with Crippen LogP contribution in [0.4, 0.5) is 0 Å². The van der Waals surface area contributed by atoms with Gasteiger partial charge in [0, 0.05) is 6.54 Å². The van der Waals surface area contributed by atoms with Gasteiger partial charge in [0.05, 0.1) is 16.3 Å². The van der Waals surface area contributed by atoms with Gasteiger partial charge in [-0.2, -0.15) is 0 Å². The largest absolute Gasteiger partial charge is 0.355 e. The maximum absolute atomic E-state index is 13.0. The maximum Gasteiger partial charge on any atom is 0.267 e. The van der Waals surface area contributed by atoms with Gasteiger partial charge in [-0.15, -0.1) is 11.3 Å². The van der Waals surface area contributed by atoms with Gasteiger partial charge in [0.2, 0.25) is 5.91 Å². The molecule has 0 unspecified atom stereocenters. The molecule has 26 heavy (non-hydrogen) atoms. The number of thiophene rings is 1. The molecule has 5 nitrogen and oxygen atoms in total. The zero-order valence-corrected chi connectivity index (χ0v) is 16.6. The van der Waals surface area contributed by atoms with E-state index in [1.165, 1.54) is 23.1 Å². The first-order chi connectivity index (χ1) is 12.5. The summed E-state index contributed by atoms with van der Waals surface area (Å²) in [6, 6.07) is 11.2. The molecule has 3 rings (SSSR count). The van der Waals surface area contributed by atoms with Crippen molar-refractivity contribution in [2.75, 3.05) is 6.54 Å². The Kier molecular flexibility index (Phi) is 5.78. The summed E-state index contributed by atoms with van der Waals surface area (Å²) in [6.45, 7) is 6.57. The van der Waals surface area contributed by atoms with Gasteiger partial charge in [0.15, 0.2) is 5.16 Å². The van der Waals surface area contributed by atoms with Crippen LogP contribution in [-0.4, -0.2) is 27.3 Å². The van der Waals surface area contributed by atoms with Gasteiger partial charge in [0.1, 0.15) is 4.83 Å². The number of hydrogen-bond donors (Lipinski definition) is 1. The molecule has 2 aromatic heterocycles. The van der Waals surface area contributed by atoms with E-state index in [0.717, 1.165) is 5.69 Å². The Balaban J connectivity index is 1.99. The molecule has 3 aromatic rings. The van der Waals surface area contributed by atoms with Gasteiger partial charge in [-0.3, -0.25) is 14.2 Å². The van der Waals surface area contributed by atoms with Crippen LogP contribution in [0.1, 0.15) is 20.8 Å². The fourth-order valence-electron chi connectivity index (χ4n) is 2.44. The molecule has 0 radical (unpaired) electrons. The van der Waals surface area contributed by atoms with E-state index in [0.29, 0.717) is 27.8 Å². The highest BCUT2D eigenvalue weighted by Gasteiger charge is 2.20. The Labute approximate surface area is 160 Å². The van der Waals surface area contributed by atoms with Crippen LogP contribution in [0.5, 0.6) is 0 Å². The number of aromatic nitrogens is 2. The second-order valence-electron chi connectivity index (χ2n) is 6.41. The number of fused-ring (bicyclic) bond motifs is 1. The van der Waals surface area contributed by atoms with Gasteiger partial charge in [-0.25, -0.2) is 4.98 Å². The Morgan fingerprint density at radius 2 is 1.96 bits per heavy atom. The van der Waals surface area contributed by atoms with Gasteiger partial charge in [0.25, 0.3) is 5.56 Å². The van der Waals surface area contributed by atoms with E-state index in [4.69, 9.17) is 0 Å². The first-order valence-corrected chi connectivity index (χ1v) is 10.2. The molecule has 0 bridgehead atoms. The van der Waals surface area contributed by atoms with Crippen LogP contribution in [0.25, 0.3) is 15.9 Å². The molecule has 7 heteroatoms. The zero-order chi connectivity index (χ0) is 18.7. The van der Waals surface area contributed by atoms with Crippen molar-refractivity contribution in [3.05, 3.63) is 52.1 Å². The van der Waals surface area contributed by atoms with Gasteiger partial charge < -0.3 is 5.32 Å². The fourth-order valence-corrected chi connectivity index (χ4v) is 4.20. The molecular formula is C19H21N3O2S2. The lowest BCUT2D eigenvalue weighted by Crippen LogP contribution is -2.34. The van der Waals surface area contributed by atoms with E-state index in [2.05, 4.69) is 24.1 Å². The lowest BCUT2D eigenvalue weighted by Gasteiger charge is -2.16. The quantitative estimate of drug-likeness (QED) is 0.517. The maximum atomic E-state index is 13.0. The number of nitrogens with one attached hydrogen (secondary N) is 1. The van der Waals surface area contributed by atoms with E-state index < -0.39 is 0 Å². The molecule has 2 heterocycles. The summed E-state index contributed by atoms with van der Waals surface area (Å²) in [5, 5.41) is 5.57. The highest BCUT2D eigenvalue weighted by atomic mass is 32.2. The highest BCUT2D eigenvalue weighted by molar-refractivity contribution is 8.00. The third-order valence-electron chi connectivity index (χ3n) is 3.82. The van der Waals surface area contributed by atoms with E-state index in [9.17, 15) is 9.59 Å². The highest BCUT2D eigenvalue weighted by Crippen LogP contribution is 2.26. The Morgan fingerprint density at radius 3 is 2.65 bits per heavy atom. The number of amides is 1. The number of carbonyl (C=O) groups excluding carboxylic acids is 1. The average molecular weight is 388 g/mol. The summed E-state index contributed by atoms with van der Waals surface area (Å²) in [7, 11) is 0. The SMILES string of the molecule is CC(C)CNC(=O)[C@H](C)Sc1nc2sccc2c(=O)n1-c1ccccc1. The summed E-state index contributed by atoms with van der Waals surface area (Å²) in [4.78, 5) is 30.7. The smallest absolute Gasteiger partial charge is 0.267 e. The molecule has 1 amide bonds. The van der Waals surface area contributed by atoms with Crippen LogP contribution in [0.15, 0.2) is 51.7 Å². The molecule has 0 aliphatic carbocycles. The minimum atomic E-state index is -0.354. The molecule has 1 aromatic carbocycles. The van der Waals surface area contributed by atoms with Crippen LogP contribution < -0.4 is 10.9 Å².